The van der Waals surface area contributed by atoms with Crippen molar-refractivity contribution in [3.05, 3.63) is 47.5 Å². The van der Waals surface area contributed by atoms with Gasteiger partial charge >= 0.3 is 0 Å². The average molecular weight is 384 g/mol. The Labute approximate surface area is 163 Å². The van der Waals surface area contributed by atoms with Crippen molar-refractivity contribution < 1.29 is 25.1 Å². The fraction of sp³-hybridized carbons (Fsp3) is 0.333. The average Bonchev–Trinajstić information content (AvgIpc) is 3.37. The SMILES string of the molecule is CC.CCOc1ccc(-c2nc(-c3cccc4c3CCC4O)no2)cc1[NH2+]O. The first-order chi connectivity index (χ1) is 13.7. The molecule has 0 radical (unpaired) electrons. The van der Waals surface area contributed by atoms with E-state index in [-0.39, 0.29) is 0 Å². The lowest BCUT2D eigenvalue weighted by Crippen LogP contribution is -2.73. The Morgan fingerprint density at radius 1 is 1.25 bits per heavy atom. The van der Waals surface area contributed by atoms with Crippen LogP contribution in [0.5, 0.6) is 5.75 Å². The van der Waals surface area contributed by atoms with E-state index in [2.05, 4.69) is 10.1 Å². The zero-order valence-electron chi connectivity index (χ0n) is 16.3. The van der Waals surface area contributed by atoms with Crippen LogP contribution in [0.2, 0.25) is 0 Å². The number of fused-ring (bicyclic) bond motifs is 1. The molecule has 1 unspecified atom stereocenters. The molecule has 4 rings (SSSR count). The molecule has 7 heteroatoms. The fourth-order valence-corrected chi connectivity index (χ4v) is 3.36. The Bertz CT molecular complexity index is 939. The van der Waals surface area contributed by atoms with Crippen LogP contribution in [0.3, 0.4) is 0 Å². The summed E-state index contributed by atoms with van der Waals surface area (Å²) in [6.45, 7) is 6.39. The highest BCUT2D eigenvalue weighted by atomic mass is 16.5. The fourth-order valence-electron chi connectivity index (χ4n) is 3.36. The first-order valence-corrected chi connectivity index (χ1v) is 9.60. The van der Waals surface area contributed by atoms with E-state index in [1.54, 1.807) is 12.1 Å². The van der Waals surface area contributed by atoms with Crippen LogP contribution in [0, 0.1) is 0 Å². The van der Waals surface area contributed by atoms with E-state index >= 15 is 0 Å². The minimum atomic E-state index is -0.426. The number of nitrogens with two attached hydrogens (primary N) is 1. The molecular formula is C21H26N3O4+. The monoisotopic (exact) mass is 384 g/mol. The van der Waals surface area contributed by atoms with Gasteiger partial charge in [0.05, 0.1) is 12.7 Å². The van der Waals surface area contributed by atoms with Crippen LogP contribution in [0.4, 0.5) is 5.69 Å². The number of nitrogens with zero attached hydrogens (tertiary/aromatic N) is 2. The number of hydrogen-bond donors (Lipinski definition) is 3. The topological polar surface area (TPSA) is 105 Å². The third-order valence-electron chi connectivity index (χ3n) is 4.60. The van der Waals surface area contributed by atoms with Crippen LogP contribution in [0.1, 0.15) is 44.4 Å². The van der Waals surface area contributed by atoms with Crippen molar-refractivity contribution >= 4 is 5.69 Å². The van der Waals surface area contributed by atoms with Gasteiger partial charge in [-0.05, 0) is 43.0 Å². The number of ether oxygens (including phenoxy) is 1. The van der Waals surface area contributed by atoms with Crippen LogP contribution in [0.25, 0.3) is 22.8 Å². The molecule has 1 heterocycles. The second kappa shape index (κ2) is 8.97. The lowest BCUT2D eigenvalue weighted by atomic mass is 10.0. The van der Waals surface area contributed by atoms with Gasteiger partial charge in [0.15, 0.2) is 5.75 Å². The zero-order valence-corrected chi connectivity index (χ0v) is 16.3. The van der Waals surface area contributed by atoms with Gasteiger partial charge in [0.1, 0.15) is 0 Å². The van der Waals surface area contributed by atoms with Gasteiger partial charge in [0.2, 0.25) is 11.5 Å². The van der Waals surface area contributed by atoms with Crippen molar-refractivity contribution in [1.29, 1.82) is 0 Å². The summed E-state index contributed by atoms with van der Waals surface area (Å²) in [6, 6.07) is 11.1. The van der Waals surface area contributed by atoms with Crippen LogP contribution >= 0.6 is 0 Å². The number of aromatic nitrogens is 2. The highest BCUT2D eigenvalue weighted by molar-refractivity contribution is 5.67. The summed E-state index contributed by atoms with van der Waals surface area (Å²) in [4.78, 5) is 4.51. The number of rotatable bonds is 5. The normalized spacial score (nSPS) is 15.0. The maximum atomic E-state index is 10.1. The third-order valence-corrected chi connectivity index (χ3v) is 4.60. The van der Waals surface area contributed by atoms with Gasteiger partial charge in [0.25, 0.3) is 5.89 Å². The van der Waals surface area contributed by atoms with E-state index in [0.29, 0.717) is 41.7 Å². The van der Waals surface area contributed by atoms with E-state index in [0.717, 1.165) is 28.6 Å². The molecule has 7 nitrogen and oxygen atoms in total. The number of quaternary nitrogens is 1. The molecule has 28 heavy (non-hydrogen) atoms. The molecule has 1 aliphatic rings. The molecular weight excluding hydrogens is 358 g/mol. The Morgan fingerprint density at radius 2 is 2.07 bits per heavy atom. The van der Waals surface area contributed by atoms with Gasteiger partial charge in [-0.3, -0.25) is 0 Å². The number of benzene rings is 2. The molecule has 148 valence electrons. The van der Waals surface area contributed by atoms with Crippen molar-refractivity contribution in [2.45, 2.75) is 39.7 Å². The van der Waals surface area contributed by atoms with Crippen LogP contribution in [-0.4, -0.2) is 27.1 Å². The van der Waals surface area contributed by atoms with Crippen molar-refractivity contribution in [1.82, 2.24) is 10.1 Å². The van der Waals surface area contributed by atoms with Gasteiger partial charge in [0, 0.05) is 17.2 Å². The molecule has 4 N–H and O–H groups in total. The first-order valence-electron chi connectivity index (χ1n) is 9.60. The second-order valence-corrected chi connectivity index (χ2v) is 6.17. The van der Waals surface area contributed by atoms with Crippen LogP contribution < -0.4 is 10.2 Å². The van der Waals surface area contributed by atoms with E-state index in [9.17, 15) is 10.3 Å². The third kappa shape index (κ3) is 3.77. The minimum absolute atomic E-state index is 0.363. The maximum absolute atomic E-state index is 10.1. The van der Waals surface area contributed by atoms with Crippen LogP contribution in [0.15, 0.2) is 40.9 Å². The van der Waals surface area contributed by atoms with E-state index in [1.165, 1.54) is 0 Å². The van der Waals surface area contributed by atoms with Gasteiger partial charge in [-0.1, -0.05) is 37.2 Å². The van der Waals surface area contributed by atoms with Crippen molar-refractivity contribution in [3.8, 4) is 28.6 Å². The Morgan fingerprint density at radius 3 is 2.82 bits per heavy atom. The number of aliphatic hydroxyl groups excluding tert-OH is 1. The highest BCUT2D eigenvalue weighted by Gasteiger charge is 2.25. The second-order valence-electron chi connectivity index (χ2n) is 6.17. The van der Waals surface area contributed by atoms with Gasteiger partial charge in [-0.15, -0.1) is 0 Å². The lowest BCUT2D eigenvalue weighted by molar-refractivity contribution is -0.825. The predicted molar refractivity (Wildman–Crippen MR) is 104 cm³/mol. The molecule has 0 saturated carbocycles. The van der Waals surface area contributed by atoms with Gasteiger partial charge in [-0.25, -0.2) is 5.21 Å². The standard InChI is InChI=1S/C19H19N3O4.C2H6/c1-2-25-17-9-6-11(10-15(17)21-24)19-20-18(22-26-19)14-5-3-4-13-12(14)7-8-16(13)23;1-2/h3-6,9-10,16,21,23-24H,2,7-8H2,1H3;1-2H3/p+1. The molecule has 0 aliphatic heterocycles. The maximum Gasteiger partial charge on any atom is 0.258 e. The molecule has 2 aromatic carbocycles. The molecule has 3 aromatic rings. The minimum Gasteiger partial charge on any atom is -0.488 e. The van der Waals surface area contributed by atoms with Crippen molar-refractivity contribution in [2.24, 2.45) is 0 Å². The summed E-state index contributed by atoms with van der Waals surface area (Å²) in [5, 5.41) is 23.6. The molecule has 0 fully saturated rings. The zero-order chi connectivity index (χ0) is 20.1. The Balaban J connectivity index is 0.00000109. The molecule has 1 aromatic heterocycles. The Hall–Kier alpha value is -2.74. The van der Waals surface area contributed by atoms with E-state index in [4.69, 9.17) is 9.26 Å². The van der Waals surface area contributed by atoms with Gasteiger partial charge < -0.3 is 14.4 Å². The van der Waals surface area contributed by atoms with E-state index < -0.39 is 6.10 Å². The molecule has 0 saturated heterocycles. The largest absolute Gasteiger partial charge is 0.488 e. The number of aliphatic hydroxyl groups is 1. The van der Waals surface area contributed by atoms with Crippen molar-refractivity contribution in [2.75, 3.05) is 6.61 Å². The smallest absolute Gasteiger partial charge is 0.258 e. The quantitative estimate of drug-likeness (QED) is 0.460. The first kappa shape index (κ1) is 20.0. The molecule has 1 atom stereocenters. The molecule has 0 bridgehead atoms. The summed E-state index contributed by atoms with van der Waals surface area (Å²) in [6.07, 6.45) is 1.08. The summed E-state index contributed by atoms with van der Waals surface area (Å²) in [5.41, 5.74) is 5.13. The lowest BCUT2D eigenvalue weighted by Gasteiger charge is -2.06. The summed E-state index contributed by atoms with van der Waals surface area (Å²) in [5.74, 6) is 1.45. The number of hydrogen-bond acceptors (Lipinski definition) is 6. The van der Waals surface area contributed by atoms with E-state index in [1.807, 2.05) is 45.0 Å². The molecule has 0 spiro atoms. The summed E-state index contributed by atoms with van der Waals surface area (Å²) in [7, 11) is 0. The Kier molecular flexibility index (Phi) is 6.41. The predicted octanol–water partition coefficient (Wildman–Crippen LogP) is 3.39. The molecule has 1 aliphatic carbocycles. The van der Waals surface area contributed by atoms with Gasteiger partial charge in [-0.2, -0.15) is 10.5 Å². The van der Waals surface area contributed by atoms with Crippen molar-refractivity contribution in [3.63, 3.8) is 0 Å². The van der Waals surface area contributed by atoms with Crippen LogP contribution in [-0.2, 0) is 6.42 Å². The molecule has 0 amide bonds. The summed E-state index contributed by atoms with van der Waals surface area (Å²) >= 11 is 0. The summed E-state index contributed by atoms with van der Waals surface area (Å²) < 4.78 is 10.9. The highest BCUT2D eigenvalue weighted by Crippen LogP contribution is 2.37.